The number of hydrogen-bond donors (Lipinski definition) is 1. The summed E-state index contributed by atoms with van der Waals surface area (Å²) in [6.45, 7) is 0. The lowest BCUT2D eigenvalue weighted by molar-refractivity contribution is -0.133. The molecule has 0 aliphatic rings. The first kappa shape index (κ1) is 14.0. The van der Waals surface area contributed by atoms with Crippen molar-refractivity contribution < 1.29 is 14.3 Å². The van der Waals surface area contributed by atoms with Gasteiger partial charge in [0.05, 0.1) is 10.2 Å². The van der Waals surface area contributed by atoms with Crippen molar-refractivity contribution in [3.8, 4) is 11.4 Å². The van der Waals surface area contributed by atoms with Crippen LogP contribution in [0.2, 0.25) is 0 Å². The summed E-state index contributed by atoms with van der Waals surface area (Å²) in [6, 6.07) is 4.47. The Morgan fingerprint density at radius 3 is 2.95 bits per heavy atom. The number of hydrogen-bond acceptors (Lipinski definition) is 4. The molecule has 0 radical (unpaired) electrons. The average molecular weight is 346 g/mol. The Balaban J connectivity index is 2.28. The topological polar surface area (TPSA) is 68.0 Å². The number of aromatic nitrogens is 3. The van der Waals surface area contributed by atoms with Crippen molar-refractivity contribution in [3.05, 3.63) is 28.5 Å². The van der Waals surface area contributed by atoms with Gasteiger partial charge in [-0.15, -0.1) is 0 Å². The number of aliphatic carboxylic acids is 1. The number of aryl methyl sites for hydroxylation is 1. The summed E-state index contributed by atoms with van der Waals surface area (Å²) in [5.41, 5.74) is 0.658. The minimum absolute atomic E-state index is 0.0842. The maximum Gasteiger partial charge on any atom is 0.313 e. The molecule has 0 atom stereocenters. The smallest absolute Gasteiger partial charge is 0.313 e. The fourth-order valence-corrected chi connectivity index (χ4v) is 2.39. The third-order valence-corrected chi connectivity index (χ3v) is 3.84. The van der Waals surface area contributed by atoms with Gasteiger partial charge in [-0.1, -0.05) is 11.8 Å². The molecule has 1 aromatic heterocycles. The molecular formula is C11H9BrFN3O2S. The molecule has 100 valence electrons. The molecule has 0 saturated carbocycles. The molecule has 5 nitrogen and oxygen atoms in total. The van der Waals surface area contributed by atoms with Crippen LogP contribution in [-0.4, -0.2) is 31.6 Å². The maximum absolute atomic E-state index is 13.1. The second kappa shape index (κ2) is 5.70. The van der Waals surface area contributed by atoms with Gasteiger partial charge in [0.1, 0.15) is 5.82 Å². The minimum Gasteiger partial charge on any atom is -0.481 e. The molecule has 0 spiro atoms. The summed E-state index contributed by atoms with van der Waals surface area (Å²) in [6.07, 6.45) is 0. The van der Waals surface area contributed by atoms with Gasteiger partial charge >= 0.3 is 5.97 Å². The lowest BCUT2D eigenvalue weighted by atomic mass is 10.2. The average Bonchev–Trinajstić information content (AvgIpc) is 2.71. The van der Waals surface area contributed by atoms with E-state index >= 15 is 0 Å². The predicted molar refractivity (Wildman–Crippen MR) is 72.5 cm³/mol. The molecule has 2 rings (SSSR count). The normalized spacial score (nSPS) is 10.7. The molecule has 1 aromatic carbocycles. The van der Waals surface area contributed by atoms with Crippen LogP contribution in [0.3, 0.4) is 0 Å². The molecule has 19 heavy (non-hydrogen) atoms. The van der Waals surface area contributed by atoms with Crippen LogP contribution >= 0.6 is 27.7 Å². The molecule has 1 heterocycles. The van der Waals surface area contributed by atoms with Crippen LogP contribution in [0.1, 0.15) is 0 Å². The van der Waals surface area contributed by atoms with Gasteiger partial charge in [-0.3, -0.25) is 4.79 Å². The summed E-state index contributed by atoms with van der Waals surface area (Å²) >= 11 is 4.18. The van der Waals surface area contributed by atoms with E-state index in [-0.39, 0.29) is 11.6 Å². The summed E-state index contributed by atoms with van der Waals surface area (Å²) in [7, 11) is 1.68. The van der Waals surface area contributed by atoms with Gasteiger partial charge in [-0.25, -0.2) is 14.1 Å². The number of carboxylic acid groups (broad SMARTS) is 1. The van der Waals surface area contributed by atoms with Gasteiger partial charge < -0.3 is 5.11 Å². The molecule has 0 aliphatic heterocycles. The molecule has 0 fully saturated rings. The van der Waals surface area contributed by atoms with Gasteiger partial charge in [0.25, 0.3) is 0 Å². The van der Waals surface area contributed by atoms with Crippen molar-refractivity contribution in [1.82, 2.24) is 14.8 Å². The standard InChI is InChI=1S/C11H9BrFN3O2S/c1-16-11(19-5-9(17)18)14-10(15-16)6-2-3-8(13)7(12)4-6/h2-4H,5H2,1H3,(H,17,18). The highest BCUT2D eigenvalue weighted by Crippen LogP contribution is 2.25. The van der Waals surface area contributed by atoms with E-state index in [4.69, 9.17) is 5.11 Å². The summed E-state index contributed by atoms with van der Waals surface area (Å²) in [5, 5.41) is 13.3. The van der Waals surface area contributed by atoms with E-state index in [1.165, 1.54) is 10.7 Å². The number of rotatable bonds is 4. The molecule has 0 unspecified atom stereocenters. The van der Waals surface area contributed by atoms with Crippen LogP contribution in [0.25, 0.3) is 11.4 Å². The van der Waals surface area contributed by atoms with Crippen LogP contribution in [-0.2, 0) is 11.8 Å². The van der Waals surface area contributed by atoms with E-state index in [0.717, 1.165) is 11.8 Å². The largest absolute Gasteiger partial charge is 0.481 e. The lowest BCUT2D eigenvalue weighted by Gasteiger charge is -1.97. The third kappa shape index (κ3) is 3.32. The zero-order valence-electron chi connectivity index (χ0n) is 9.80. The van der Waals surface area contributed by atoms with Crippen molar-refractivity contribution in [1.29, 1.82) is 0 Å². The van der Waals surface area contributed by atoms with Crippen LogP contribution in [0.15, 0.2) is 27.8 Å². The Hall–Kier alpha value is -1.41. The Morgan fingerprint density at radius 1 is 1.58 bits per heavy atom. The Morgan fingerprint density at radius 2 is 2.32 bits per heavy atom. The van der Waals surface area contributed by atoms with Crippen molar-refractivity contribution in [2.75, 3.05) is 5.75 Å². The molecule has 2 aromatic rings. The molecule has 0 aliphatic carbocycles. The Kier molecular flexibility index (Phi) is 4.20. The number of nitrogens with zero attached hydrogens (tertiary/aromatic N) is 3. The monoisotopic (exact) mass is 345 g/mol. The Bertz CT molecular complexity index is 632. The van der Waals surface area contributed by atoms with E-state index in [1.807, 2.05) is 0 Å². The van der Waals surface area contributed by atoms with Crippen molar-refractivity contribution in [3.63, 3.8) is 0 Å². The quantitative estimate of drug-likeness (QED) is 0.862. The minimum atomic E-state index is -0.918. The van der Waals surface area contributed by atoms with Crippen LogP contribution in [0, 0.1) is 5.82 Å². The molecule has 0 amide bonds. The van der Waals surface area contributed by atoms with Crippen molar-refractivity contribution in [2.45, 2.75) is 5.16 Å². The second-order valence-electron chi connectivity index (χ2n) is 3.65. The van der Waals surface area contributed by atoms with Crippen molar-refractivity contribution in [2.24, 2.45) is 7.05 Å². The molecule has 0 saturated heterocycles. The number of benzene rings is 1. The van der Waals surface area contributed by atoms with Gasteiger partial charge in [0.15, 0.2) is 11.0 Å². The summed E-state index contributed by atoms with van der Waals surface area (Å²) in [5.74, 6) is -0.936. The zero-order valence-corrected chi connectivity index (χ0v) is 12.2. The first-order valence-electron chi connectivity index (χ1n) is 5.18. The molecule has 1 N–H and O–H groups in total. The lowest BCUT2D eigenvalue weighted by Crippen LogP contribution is -2.00. The van der Waals surface area contributed by atoms with E-state index in [9.17, 15) is 9.18 Å². The van der Waals surface area contributed by atoms with E-state index in [2.05, 4.69) is 26.0 Å². The van der Waals surface area contributed by atoms with Crippen LogP contribution in [0.5, 0.6) is 0 Å². The van der Waals surface area contributed by atoms with Gasteiger partial charge in [-0.2, -0.15) is 5.10 Å². The molecule has 8 heteroatoms. The molecule has 0 bridgehead atoms. The van der Waals surface area contributed by atoms with Crippen molar-refractivity contribution >= 4 is 33.7 Å². The third-order valence-electron chi connectivity index (χ3n) is 2.23. The highest BCUT2D eigenvalue weighted by atomic mass is 79.9. The first-order chi connectivity index (χ1) is 8.97. The number of thioether (sulfide) groups is 1. The van der Waals surface area contributed by atoms with Crippen LogP contribution in [0.4, 0.5) is 4.39 Å². The van der Waals surface area contributed by atoms with Gasteiger partial charge in [-0.05, 0) is 34.1 Å². The van der Waals surface area contributed by atoms with Gasteiger partial charge in [0.2, 0.25) is 0 Å². The zero-order chi connectivity index (χ0) is 14.0. The number of carbonyl (C=O) groups is 1. The highest BCUT2D eigenvalue weighted by Gasteiger charge is 2.12. The summed E-state index contributed by atoms with van der Waals surface area (Å²) < 4.78 is 15.0. The SMILES string of the molecule is Cn1nc(-c2ccc(F)c(Br)c2)nc1SCC(=O)O. The second-order valence-corrected chi connectivity index (χ2v) is 5.45. The highest BCUT2D eigenvalue weighted by molar-refractivity contribution is 9.10. The summed E-state index contributed by atoms with van der Waals surface area (Å²) in [4.78, 5) is 14.7. The van der Waals surface area contributed by atoms with E-state index in [0.29, 0.717) is 21.0 Å². The van der Waals surface area contributed by atoms with Gasteiger partial charge in [0, 0.05) is 12.6 Å². The van der Waals surface area contributed by atoms with Crippen LogP contribution < -0.4 is 0 Å². The maximum atomic E-state index is 13.1. The van der Waals surface area contributed by atoms with E-state index in [1.54, 1.807) is 19.2 Å². The molecular weight excluding hydrogens is 337 g/mol. The predicted octanol–water partition coefficient (Wildman–Crippen LogP) is 2.56. The number of carboxylic acids is 1. The fourth-order valence-electron chi connectivity index (χ4n) is 1.38. The first-order valence-corrected chi connectivity index (χ1v) is 6.96. The fraction of sp³-hybridized carbons (Fsp3) is 0.182. The Labute approximate surface area is 121 Å². The van der Waals surface area contributed by atoms with E-state index < -0.39 is 5.97 Å². The number of halogens is 2.